The number of hydrogen-bond donors (Lipinski definition) is 2. The molecule has 1 aliphatic heterocycles. The summed E-state index contributed by atoms with van der Waals surface area (Å²) < 4.78 is 5.11. The number of hydrogen-bond acceptors (Lipinski definition) is 5. The Labute approximate surface area is 174 Å². The van der Waals surface area contributed by atoms with Crippen molar-refractivity contribution in [3.8, 4) is 0 Å². The average molecular weight is 413 g/mol. The lowest BCUT2D eigenvalue weighted by Crippen LogP contribution is -2.26. The van der Waals surface area contributed by atoms with Gasteiger partial charge in [-0.05, 0) is 48.2 Å². The molecule has 6 nitrogen and oxygen atoms in total. The van der Waals surface area contributed by atoms with Crippen LogP contribution in [0.4, 0.5) is 11.4 Å². The predicted octanol–water partition coefficient (Wildman–Crippen LogP) is 4.21. The van der Waals surface area contributed by atoms with Crippen molar-refractivity contribution < 1.29 is 19.1 Å². The first-order chi connectivity index (χ1) is 13.6. The summed E-state index contributed by atoms with van der Waals surface area (Å²) in [6.45, 7) is 7.78. The van der Waals surface area contributed by atoms with Crippen LogP contribution in [0.15, 0.2) is 47.4 Å². The maximum Gasteiger partial charge on any atom is 0.338 e. The van der Waals surface area contributed by atoms with Gasteiger partial charge >= 0.3 is 5.97 Å². The Balaban J connectivity index is 1.56. The Morgan fingerprint density at radius 1 is 1.14 bits per heavy atom. The molecule has 0 aromatic heterocycles. The molecule has 0 fully saturated rings. The van der Waals surface area contributed by atoms with E-state index in [9.17, 15) is 14.4 Å². The molecular weight excluding hydrogens is 388 g/mol. The van der Waals surface area contributed by atoms with Crippen molar-refractivity contribution in [1.29, 1.82) is 0 Å². The molecule has 0 saturated carbocycles. The maximum absolute atomic E-state index is 12.3. The lowest BCUT2D eigenvalue weighted by atomic mass is 9.87. The molecule has 152 valence electrons. The first-order valence-electron chi connectivity index (χ1n) is 9.32. The second-order valence-corrected chi connectivity index (χ2v) is 9.29. The molecule has 2 amide bonds. The van der Waals surface area contributed by atoms with E-state index >= 15 is 0 Å². The number of carbonyl (C=O) groups is 3. The summed E-state index contributed by atoms with van der Waals surface area (Å²) in [6.07, 6.45) is 0. The van der Waals surface area contributed by atoms with E-state index in [1.54, 1.807) is 18.2 Å². The molecule has 1 heterocycles. The fourth-order valence-corrected chi connectivity index (χ4v) is 3.73. The van der Waals surface area contributed by atoms with Crippen LogP contribution in [0, 0.1) is 0 Å². The molecule has 0 radical (unpaired) electrons. The molecule has 0 aliphatic carbocycles. The Bertz CT molecular complexity index is 948. The number of benzene rings is 2. The van der Waals surface area contributed by atoms with Gasteiger partial charge in [0.25, 0.3) is 5.91 Å². The van der Waals surface area contributed by atoms with Gasteiger partial charge in [0.05, 0.1) is 16.5 Å². The van der Waals surface area contributed by atoms with Crippen molar-refractivity contribution in [2.45, 2.75) is 43.3 Å². The molecule has 3 rings (SSSR count). The molecule has 1 unspecified atom stereocenters. The largest absolute Gasteiger partial charge is 0.452 e. The van der Waals surface area contributed by atoms with Crippen molar-refractivity contribution in [2.75, 3.05) is 17.2 Å². The summed E-state index contributed by atoms with van der Waals surface area (Å²) in [6, 6.07) is 12.5. The summed E-state index contributed by atoms with van der Waals surface area (Å²) in [5.41, 5.74) is 2.69. The Kier molecular flexibility index (Phi) is 5.98. The first-order valence-corrected chi connectivity index (χ1v) is 10.2. The van der Waals surface area contributed by atoms with Crippen LogP contribution in [-0.2, 0) is 19.7 Å². The van der Waals surface area contributed by atoms with E-state index in [4.69, 9.17) is 4.74 Å². The van der Waals surface area contributed by atoms with E-state index in [1.807, 2.05) is 31.2 Å². The number of ether oxygens (including phenoxy) is 1. The van der Waals surface area contributed by atoms with E-state index in [0.717, 1.165) is 10.5 Å². The van der Waals surface area contributed by atoms with E-state index in [2.05, 4.69) is 31.4 Å². The van der Waals surface area contributed by atoms with Crippen LogP contribution >= 0.6 is 11.8 Å². The Hall–Kier alpha value is -2.80. The van der Waals surface area contributed by atoms with Gasteiger partial charge < -0.3 is 15.4 Å². The molecular formula is C22H24N2O4S. The van der Waals surface area contributed by atoms with Gasteiger partial charge in [-0.2, -0.15) is 0 Å². The molecule has 1 aliphatic rings. The fourth-order valence-electron chi connectivity index (χ4n) is 2.80. The minimum Gasteiger partial charge on any atom is -0.452 e. The Morgan fingerprint density at radius 2 is 1.83 bits per heavy atom. The minimum absolute atomic E-state index is 0.0307. The number of thioether (sulfide) groups is 1. The zero-order valence-corrected chi connectivity index (χ0v) is 17.7. The topological polar surface area (TPSA) is 84.5 Å². The van der Waals surface area contributed by atoms with Crippen LogP contribution in [0.1, 0.15) is 43.6 Å². The number of esters is 1. The Morgan fingerprint density at radius 3 is 2.48 bits per heavy atom. The highest BCUT2D eigenvalue weighted by molar-refractivity contribution is 8.00. The predicted molar refractivity (Wildman–Crippen MR) is 114 cm³/mol. The van der Waals surface area contributed by atoms with Gasteiger partial charge in [-0.25, -0.2) is 4.79 Å². The van der Waals surface area contributed by atoms with E-state index in [-0.39, 0.29) is 22.1 Å². The molecule has 7 heteroatoms. The van der Waals surface area contributed by atoms with Crippen molar-refractivity contribution >= 4 is 40.9 Å². The number of amides is 2. The number of fused-ring (bicyclic) bond motifs is 1. The summed E-state index contributed by atoms with van der Waals surface area (Å²) in [5.74, 6) is -1.15. The van der Waals surface area contributed by atoms with Crippen LogP contribution in [0.5, 0.6) is 0 Å². The summed E-state index contributed by atoms with van der Waals surface area (Å²) in [4.78, 5) is 37.1. The quantitative estimate of drug-likeness (QED) is 0.735. The first kappa shape index (κ1) is 20.9. The molecule has 0 bridgehead atoms. The summed E-state index contributed by atoms with van der Waals surface area (Å²) in [7, 11) is 0. The highest BCUT2D eigenvalue weighted by Crippen LogP contribution is 2.36. The van der Waals surface area contributed by atoms with Crippen molar-refractivity contribution in [3.63, 3.8) is 0 Å². The normalized spacial score (nSPS) is 15.9. The molecule has 1 atom stereocenters. The van der Waals surface area contributed by atoms with Gasteiger partial charge in [0.15, 0.2) is 6.61 Å². The SMILES string of the molecule is CC1Sc2ccc(C(=O)OCC(=O)Nc3ccc(C(C)(C)C)cc3)cc2NC1=O. The van der Waals surface area contributed by atoms with Gasteiger partial charge in [0.1, 0.15) is 0 Å². The number of anilines is 2. The van der Waals surface area contributed by atoms with Crippen LogP contribution < -0.4 is 10.6 Å². The number of rotatable bonds is 4. The highest BCUT2D eigenvalue weighted by Gasteiger charge is 2.24. The minimum atomic E-state index is -0.621. The van der Waals surface area contributed by atoms with Crippen molar-refractivity contribution in [1.82, 2.24) is 0 Å². The molecule has 2 aromatic rings. The van der Waals surface area contributed by atoms with E-state index < -0.39 is 18.5 Å². The second-order valence-electron chi connectivity index (χ2n) is 7.91. The fraction of sp³-hybridized carbons (Fsp3) is 0.318. The van der Waals surface area contributed by atoms with Gasteiger partial charge in [-0.1, -0.05) is 32.9 Å². The average Bonchev–Trinajstić information content (AvgIpc) is 2.66. The van der Waals surface area contributed by atoms with E-state index in [1.165, 1.54) is 11.8 Å². The zero-order valence-electron chi connectivity index (χ0n) is 16.9. The van der Waals surface area contributed by atoms with Crippen LogP contribution in [0.25, 0.3) is 0 Å². The lowest BCUT2D eigenvalue weighted by molar-refractivity contribution is -0.119. The molecule has 2 N–H and O–H groups in total. The number of nitrogens with one attached hydrogen (secondary N) is 2. The smallest absolute Gasteiger partial charge is 0.338 e. The highest BCUT2D eigenvalue weighted by atomic mass is 32.2. The molecule has 29 heavy (non-hydrogen) atoms. The third-order valence-corrected chi connectivity index (χ3v) is 5.69. The zero-order chi connectivity index (χ0) is 21.2. The van der Waals surface area contributed by atoms with Crippen molar-refractivity contribution in [2.24, 2.45) is 0 Å². The standard InChI is InChI=1S/C22H24N2O4S/c1-13-20(26)24-17-11-14(5-10-18(17)29-13)21(27)28-12-19(25)23-16-8-6-15(7-9-16)22(2,3)4/h5-11,13H,12H2,1-4H3,(H,23,25)(H,24,26). The van der Waals surface area contributed by atoms with Gasteiger partial charge in [-0.15, -0.1) is 11.8 Å². The molecule has 0 saturated heterocycles. The summed E-state index contributed by atoms with van der Waals surface area (Å²) >= 11 is 1.43. The lowest BCUT2D eigenvalue weighted by Gasteiger charge is -2.21. The van der Waals surface area contributed by atoms with Crippen LogP contribution in [-0.4, -0.2) is 29.6 Å². The third kappa shape index (κ3) is 5.17. The second kappa shape index (κ2) is 8.29. The molecule has 0 spiro atoms. The van der Waals surface area contributed by atoms with Crippen molar-refractivity contribution in [3.05, 3.63) is 53.6 Å². The maximum atomic E-state index is 12.3. The van der Waals surface area contributed by atoms with Gasteiger partial charge in [0.2, 0.25) is 5.91 Å². The molecule has 2 aromatic carbocycles. The summed E-state index contributed by atoms with van der Waals surface area (Å²) in [5, 5.41) is 5.30. The van der Waals surface area contributed by atoms with Gasteiger partial charge in [-0.3, -0.25) is 9.59 Å². The number of carbonyl (C=O) groups excluding carboxylic acids is 3. The van der Waals surface area contributed by atoms with Gasteiger partial charge in [0, 0.05) is 10.6 Å². The monoisotopic (exact) mass is 412 g/mol. The third-order valence-electron chi connectivity index (χ3n) is 4.52. The van der Waals surface area contributed by atoms with Crippen LogP contribution in [0.3, 0.4) is 0 Å². The van der Waals surface area contributed by atoms with E-state index in [0.29, 0.717) is 11.4 Å². The van der Waals surface area contributed by atoms with Crippen LogP contribution in [0.2, 0.25) is 0 Å².